The molecule has 0 bridgehead atoms. The van der Waals surface area contributed by atoms with E-state index in [1.54, 1.807) is 12.1 Å². The Morgan fingerprint density at radius 1 is 0.906 bits per heavy atom. The molecular formula is C23H19F2N3O4. The number of carbonyl (C=O) groups is 2. The quantitative estimate of drug-likeness (QED) is 0.415. The van der Waals surface area contributed by atoms with E-state index in [4.69, 9.17) is 0 Å². The van der Waals surface area contributed by atoms with Crippen LogP contribution in [0.1, 0.15) is 33.1 Å². The molecule has 0 fully saturated rings. The number of hydrogen-bond acceptors (Lipinski definition) is 4. The van der Waals surface area contributed by atoms with Gasteiger partial charge in [-0.05, 0) is 47.5 Å². The van der Waals surface area contributed by atoms with Gasteiger partial charge in [-0.25, -0.2) is 8.78 Å². The van der Waals surface area contributed by atoms with Gasteiger partial charge in [-0.15, -0.1) is 0 Å². The van der Waals surface area contributed by atoms with Crippen molar-refractivity contribution < 1.29 is 23.3 Å². The molecular weight excluding hydrogens is 420 g/mol. The van der Waals surface area contributed by atoms with E-state index < -0.39 is 34.4 Å². The third kappa shape index (κ3) is 6.18. The normalized spacial score (nSPS) is 10.6. The summed E-state index contributed by atoms with van der Waals surface area (Å²) in [5.41, 5.74) is 1.50. The Morgan fingerprint density at radius 3 is 1.97 bits per heavy atom. The standard InChI is InChI=1S/C23H19F2N3O4/c24-19-5-1-3-17(11-19)22(18-4-2-6-20(25)12-18)27-21(29)13-26-23(30)16-9-7-15(8-10-16)14-28(31)32/h1-12,22H,13-14H2,(H,26,30)(H,27,29). The minimum absolute atomic E-state index is 0.233. The van der Waals surface area contributed by atoms with Crippen molar-refractivity contribution in [3.63, 3.8) is 0 Å². The lowest BCUT2D eigenvalue weighted by atomic mass is 9.98. The average Bonchev–Trinajstić information content (AvgIpc) is 2.76. The molecule has 0 unspecified atom stereocenters. The second-order valence-corrected chi connectivity index (χ2v) is 6.98. The Balaban J connectivity index is 1.67. The van der Waals surface area contributed by atoms with Crippen molar-refractivity contribution in [3.8, 4) is 0 Å². The molecule has 0 aromatic heterocycles. The number of benzene rings is 3. The number of nitrogens with one attached hydrogen (secondary N) is 2. The summed E-state index contributed by atoms with van der Waals surface area (Å²) in [4.78, 5) is 34.8. The molecule has 0 aliphatic heterocycles. The molecule has 32 heavy (non-hydrogen) atoms. The molecule has 0 aliphatic carbocycles. The van der Waals surface area contributed by atoms with E-state index in [1.165, 1.54) is 60.7 Å². The highest BCUT2D eigenvalue weighted by Crippen LogP contribution is 2.23. The maximum Gasteiger partial charge on any atom is 0.251 e. The highest BCUT2D eigenvalue weighted by molar-refractivity contribution is 5.96. The summed E-state index contributed by atoms with van der Waals surface area (Å²) in [6.07, 6.45) is 0. The lowest BCUT2D eigenvalue weighted by Crippen LogP contribution is -2.39. The van der Waals surface area contributed by atoms with Crippen LogP contribution in [0.5, 0.6) is 0 Å². The van der Waals surface area contributed by atoms with Gasteiger partial charge in [0.25, 0.3) is 5.91 Å². The van der Waals surface area contributed by atoms with Gasteiger partial charge in [0.15, 0.2) is 0 Å². The molecule has 2 amide bonds. The molecule has 3 aromatic carbocycles. The van der Waals surface area contributed by atoms with Crippen molar-refractivity contribution in [1.82, 2.24) is 10.6 Å². The second-order valence-electron chi connectivity index (χ2n) is 6.98. The van der Waals surface area contributed by atoms with Crippen molar-refractivity contribution in [1.29, 1.82) is 0 Å². The highest BCUT2D eigenvalue weighted by atomic mass is 19.1. The first-order chi connectivity index (χ1) is 15.3. The smallest absolute Gasteiger partial charge is 0.251 e. The molecule has 0 radical (unpaired) electrons. The van der Waals surface area contributed by atoms with Crippen molar-refractivity contribution in [2.75, 3.05) is 6.54 Å². The van der Waals surface area contributed by atoms with Gasteiger partial charge < -0.3 is 10.6 Å². The van der Waals surface area contributed by atoms with Crippen LogP contribution in [0.25, 0.3) is 0 Å². The van der Waals surface area contributed by atoms with Crippen LogP contribution in [-0.4, -0.2) is 23.3 Å². The minimum atomic E-state index is -0.827. The summed E-state index contributed by atoms with van der Waals surface area (Å²) >= 11 is 0. The summed E-state index contributed by atoms with van der Waals surface area (Å²) < 4.78 is 27.4. The van der Waals surface area contributed by atoms with E-state index in [-0.39, 0.29) is 18.7 Å². The fourth-order valence-electron chi connectivity index (χ4n) is 3.12. The molecule has 3 rings (SSSR count). The van der Waals surface area contributed by atoms with E-state index in [9.17, 15) is 28.5 Å². The zero-order valence-corrected chi connectivity index (χ0v) is 16.8. The number of hydrogen-bond donors (Lipinski definition) is 2. The van der Waals surface area contributed by atoms with Crippen molar-refractivity contribution in [2.24, 2.45) is 0 Å². The van der Waals surface area contributed by atoms with Gasteiger partial charge in [0, 0.05) is 16.1 Å². The summed E-state index contributed by atoms with van der Waals surface area (Å²) in [5, 5.41) is 15.7. The molecule has 164 valence electrons. The molecule has 0 atom stereocenters. The van der Waals surface area contributed by atoms with Gasteiger partial charge in [-0.3, -0.25) is 19.7 Å². The summed E-state index contributed by atoms with van der Waals surface area (Å²) in [6.45, 7) is -0.734. The Morgan fingerprint density at radius 2 is 1.47 bits per heavy atom. The molecule has 0 heterocycles. The van der Waals surface area contributed by atoms with Gasteiger partial charge in [0.2, 0.25) is 12.5 Å². The zero-order chi connectivity index (χ0) is 23.1. The van der Waals surface area contributed by atoms with Crippen LogP contribution < -0.4 is 10.6 Å². The fraction of sp³-hybridized carbons (Fsp3) is 0.130. The molecule has 0 saturated carbocycles. The number of nitro groups is 1. The van der Waals surface area contributed by atoms with Gasteiger partial charge >= 0.3 is 0 Å². The molecule has 2 N–H and O–H groups in total. The predicted molar refractivity (Wildman–Crippen MR) is 112 cm³/mol. The first-order valence-corrected chi connectivity index (χ1v) is 9.61. The van der Waals surface area contributed by atoms with Crippen LogP contribution in [0, 0.1) is 21.7 Å². The van der Waals surface area contributed by atoms with Crippen LogP contribution in [-0.2, 0) is 11.3 Å². The Hall–Kier alpha value is -4.14. The molecule has 0 saturated heterocycles. The maximum absolute atomic E-state index is 13.7. The predicted octanol–water partition coefficient (Wildman–Crippen LogP) is 3.38. The minimum Gasteiger partial charge on any atom is -0.344 e. The third-order valence-electron chi connectivity index (χ3n) is 4.61. The number of halogens is 2. The van der Waals surface area contributed by atoms with Crippen LogP contribution in [0.15, 0.2) is 72.8 Å². The average molecular weight is 439 g/mol. The lowest BCUT2D eigenvalue weighted by molar-refractivity contribution is -0.496. The second kappa shape index (κ2) is 10.3. The fourth-order valence-corrected chi connectivity index (χ4v) is 3.12. The van der Waals surface area contributed by atoms with Gasteiger partial charge in [0.05, 0.1) is 12.6 Å². The molecule has 3 aromatic rings. The van der Waals surface area contributed by atoms with E-state index in [1.807, 2.05) is 0 Å². The third-order valence-corrected chi connectivity index (χ3v) is 4.61. The van der Waals surface area contributed by atoms with Gasteiger partial charge in [-0.1, -0.05) is 36.4 Å². The van der Waals surface area contributed by atoms with E-state index in [0.29, 0.717) is 16.7 Å². The first-order valence-electron chi connectivity index (χ1n) is 9.61. The van der Waals surface area contributed by atoms with Crippen molar-refractivity contribution in [2.45, 2.75) is 12.6 Å². The molecule has 0 spiro atoms. The van der Waals surface area contributed by atoms with Gasteiger partial charge in [-0.2, -0.15) is 0 Å². The summed E-state index contributed by atoms with van der Waals surface area (Å²) in [7, 11) is 0. The monoisotopic (exact) mass is 439 g/mol. The van der Waals surface area contributed by atoms with Crippen LogP contribution in [0.2, 0.25) is 0 Å². The molecule has 0 aliphatic rings. The Kier molecular flexibility index (Phi) is 7.22. The summed E-state index contributed by atoms with van der Waals surface area (Å²) in [6, 6.07) is 16.1. The number of carbonyl (C=O) groups excluding carboxylic acids is 2. The molecule has 7 nitrogen and oxygen atoms in total. The maximum atomic E-state index is 13.7. The zero-order valence-electron chi connectivity index (χ0n) is 16.8. The first kappa shape index (κ1) is 22.5. The van der Waals surface area contributed by atoms with Crippen LogP contribution in [0.3, 0.4) is 0 Å². The molecule has 9 heteroatoms. The van der Waals surface area contributed by atoms with Crippen LogP contribution in [0.4, 0.5) is 8.78 Å². The topological polar surface area (TPSA) is 101 Å². The van der Waals surface area contributed by atoms with E-state index in [0.717, 1.165) is 0 Å². The van der Waals surface area contributed by atoms with Crippen molar-refractivity contribution in [3.05, 3.63) is 117 Å². The Labute approximate surface area is 182 Å². The summed E-state index contributed by atoms with van der Waals surface area (Å²) in [5.74, 6) is -2.12. The largest absolute Gasteiger partial charge is 0.344 e. The number of nitrogens with zero attached hydrogens (tertiary/aromatic N) is 1. The van der Waals surface area contributed by atoms with Crippen LogP contribution >= 0.6 is 0 Å². The van der Waals surface area contributed by atoms with E-state index >= 15 is 0 Å². The number of amides is 2. The SMILES string of the molecule is O=C(CNC(=O)c1ccc(C[N+](=O)[O-])cc1)NC(c1cccc(F)c1)c1cccc(F)c1. The highest BCUT2D eigenvalue weighted by Gasteiger charge is 2.19. The van der Waals surface area contributed by atoms with E-state index in [2.05, 4.69) is 10.6 Å². The Bertz CT molecular complexity index is 1090. The lowest BCUT2D eigenvalue weighted by Gasteiger charge is -2.20. The number of rotatable bonds is 8. The van der Waals surface area contributed by atoms with Gasteiger partial charge in [0.1, 0.15) is 11.6 Å². The van der Waals surface area contributed by atoms with Crippen molar-refractivity contribution >= 4 is 11.8 Å².